The molecule has 1 saturated heterocycles. The van der Waals surface area contributed by atoms with Gasteiger partial charge in [-0.3, -0.25) is 9.59 Å². The second-order valence-electron chi connectivity index (χ2n) is 6.85. The highest BCUT2D eigenvalue weighted by molar-refractivity contribution is 5.83. The Morgan fingerprint density at radius 2 is 2.04 bits per heavy atom. The number of likely N-dealkylation sites (N-methyl/N-ethyl adjacent to an activating group) is 1. The van der Waals surface area contributed by atoms with Gasteiger partial charge in [0.15, 0.2) is 0 Å². The minimum Gasteiger partial charge on any atom is -0.347 e. The first-order valence-electron chi connectivity index (χ1n) is 8.89. The Kier molecular flexibility index (Phi) is 7.37. The molecule has 1 heterocycles. The highest BCUT2D eigenvalue weighted by Crippen LogP contribution is 2.18. The van der Waals surface area contributed by atoms with Gasteiger partial charge in [-0.05, 0) is 56.0 Å². The van der Waals surface area contributed by atoms with Crippen LogP contribution in [0.25, 0.3) is 0 Å². The van der Waals surface area contributed by atoms with Crippen LogP contribution in [0.5, 0.6) is 0 Å². The van der Waals surface area contributed by atoms with Crippen molar-refractivity contribution < 1.29 is 14.0 Å². The summed E-state index contributed by atoms with van der Waals surface area (Å²) in [6, 6.07) is 6.79. The molecule has 1 fully saturated rings. The smallest absolute Gasteiger partial charge is 0.241 e. The number of piperidine rings is 1. The third kappa shape index (κ3) is 6.82. The van der Waals surface area contributed by atoms with Crippen molar-refractivity contribution in [3.05, 3.63) is 35.6 Å². The number of nitrogens with one attached hydrogen (secondary N) is 1. The Bertz CT molecular complexity index is 586. The van der Waals surface area contributed by atoms with Crippen LogP contribution >= 0.6 is 0 Å². The molecule has 0 aliphatic carbocycles. The first kappa shape index (κ1) is 19.4. The van der Waals surface area contributed by atoms with Gasteiger partial charge in [0.05, 0.1) is 6.54 Å². The van der Waals surface area contributed by atoms with Gasteiger partial charge in [-0.1, -0.05) is 12.1 Å². The fourth-order valence-corrected chi connectivity index (χ4v) is 3.20. The van der Waals surface area contributed by atoms with E-state index in [1.54, 1.807) is 24.1 Å². The van der Waals surface area contributed by atoms with Gasteiger partial charge in [-0.25, -0.2) is 4.39 Å². The van der Waals surface area contributed by atoms with E-state index in [9.17, 15) is 14.0 Å². The average Bonchev–Trinajstić information content (AvgIpc) is 2.59. The van der Waals surface area contributed by atoms with Crippen LogP contribution in [0, 0.1) is 11.7 Å². The lowest BCUT2D eigenvalue weighted by atomic mass is 9.96. The molecule has 2 rings (SSSR count). The van der Waals surface area contributed by atoms with E-state index in [-0.39, 0.29) is 24.2 Å². The number of hydrogen-bond acceptors (Lipinski definition) is 3. The maximum absolute atomic E-state index is 13.2. The normalized spacial score (nSPS) is 15.8. The molecule has 0 unspecified atom stereocenters. The number of hydrogen-bond donors (Lipinski definition) is 1. The van der Waals surface area contributed by atoms with Gasteiger partial charge in [-0.15, -0.1) is 0 Å². The van der Waals surface area contributed by atoms with Crippen LogP contribution in [-0.4, -0.2) is 61.4 Å². The van der Waals surface area contributed by atoms with E-state index >= 15 is 0 Å². The molecule has 2 amide bonds. The molecule has 0 aromatic heterocycles. The Balaban J connectivity index is 1.67. The molecule has 1 aromatic rings. The number of amides is 2. The summed E-state index contributed by atoms with van der Waals surface area (Å²) in [5.41, 5.74) is 1.03. The summed E-state index contributed by atoms with van der Waals surface area (Å²) in [5.74, 6) is 0.0805. The summed E-state index contributed by atoms with van der Waals surface area (Å²) in [5, 5.41) is 2.54. The van der Waals surface area contributed by atoms with Crippen LogP contribution in [-0.2, 0) is 16.0 Å². The highest BCUT2D eigenvalue weighted by Gasteiger charge is 2.21. The van der Waals surface area contributed by atoms with Crippen molar-refractivity contribution in [2.45, 2.75) is 26.2 Å². The predicted octanol–water partition coefficient (Wildman–Crippen LogP) is 1.67. The Hall–Kier alpha value is -1.95. The highest BCUT2D eigenvalue weighted by atomic mass is 19.1. The lowest BCUT2D eigenvalue weighted by Gasteiger charge is -2.34. The zero-order chi connectivity index (χ0) is 18.2. The monoisotopic (exact) mass is 349 g/mol. The van der Waals surface area contributed by atoms with Crippen molar-refractivity contribution >= 4 is 11.8 Å². The van der Waals surface area contributed by atoms with E-state index in [2.05, 4.69) is 10.2 Å². The average molecular weight is 349 g/mol. The van der Waals surface area contributed by atoms with Crippen molar-refractivity contribution in [1.29, 1.82) is 0 Å². The van der Waals surface area contributed by atoms with Crippen molar-refractivity contribution in [1.82, 2.24) is 15.1 Å². The van der Waals surface area contributed by atoms with Gasteiger partial charge < -0.3 is 15.1 Å². The van der Waals surface area contributed by atoms with Crippen molar-refractivity contribution in [2.24, 2.45) is 5.92 Å². The summed E-state index contributed by atoms with van der Waals surface area (Å²) < 4.78 is 13.2. The summed E-state index contributed by atoms with van der Waals surface area (Å²) in [6.45, 7) is 5.16. The topological polar surface area (TPSA) is 52.7 Å². The Morgan fingerprint density at radius 3 is 2.68 bits per heavy atom. The molecule has 0 spiro atoms. The van der Waals surface area contributed by atoms with Crippen LogP contribution in [0.2, 0.25) is 0 Å². The number of carbonyl (C=O) groups is 2. The first-order valence-corrected chi connectivity index (χ1v) is 8.89. The number of rotatable bonds is 7. The third-order valence-corrected chi connectivity index (χ3v) is 4.76. The molecule has 6 heteroatoms. The fourth-order valence-electron chi connectivity index (χ4n) is 3.20. The van der Waals surface area contributed by atoms with Gasteiger partial charge in [0.25, 0.3) is 0 Å². The van der Waals surface area contributed by atoms with Gasteiger partial charge in [0, 0.05) is 27.1 Å². The first-order chi connectivity index (χ1) is 11.9. The minimum absolute atomic E-state index is 0.0521. The van der Waals surface area contributed by atoms with Crippen LogP contribution in [0.4, 0.5) is 4.39 Å². The summed E-state index contributed by atoms with van der Waals surface area (Å²) >= 11 is 0. The maximum Gasteiger partial charge on any atom is 0.241 e. The molecule has 25 heavy (non-hydrogen) atoms. The molecule has 0 atom stereocenters. The van der Waals surface area contributed by atoms with E-state index in [1.165, 1.54) is 13.0 Å². The quantitative estimate of drug-likeness (QED) is 0.815. The molecule has 1 aliphatic heterocycles. The van der Waals surface area contributed by atoms with Crippen LogP contribution < -0.4 is 5.32 Å². The number of halogens is 1. The fraction of sp³-hybridized carbons (Fsp3) is 0.579. The summed E-state index contributed by atoms with van der Waals surface area (Å²) in [7, 11) is 1.79. The molecular weight excluding hydrogens is 321 g/mol. The van der Waals surface area contributed by atoms with E-state index in [0.717, 1.165) is 51.0 Å². The predicted molar refractivity (Wildman–Crippen MR) is 95.6 cm³/mol. The minimum atomic E-state index is -0.187. The lowest BCUT2D eigenvalue weighted by Crippen LogP contribution is -2.42. The zero-order valence-electron chi connectivity index (χ0n) is 15.1. The third-order valence-electron chi connectivity index (χ3n) is 4.76. The van der Waals surface area contributed by atoms with Crippen LogP contribution in [0.1, 0.15) is 25.3 Å². The van der Waals surface area contributed by atoms with Gasteiger partial charge in [0.2, 0.25) is 11.8 Å². The molecule has 1 aliphatic rings. The number of carbonyl (C=O) groups excluding carboxylic acids is 2. The van der Waals surface area contributed by atoms with E-state index in [0.29, 0.717) is 5.92 Å². The molecule has 0 bridgehead atoms. The Morgan fingerprint density at radius 1 is 1.32 bits per heavy atom. The second-order valence-corrected chi connectivity index (χ2v) is 6.85. The zero-order valence-corrected chi connectivity index (χ0v) is 15.1. The summed E-state index contributed by atoms with van der Waals surface area (Å²) in [6.07, 6.45) is 2.97. The number of nitrogens with zero attached hydrogens (tertiary/aromatic N) is 2. The maximum atomic E-state index is 13.2. The van der Waals surface area contributed by atoms with Crippen molar-refractivity contribution in [2.75, 3.05) is 39.8 Å². The molecule has 5 nitrogen and oxygen atoms in total. The van der Waals surface area contributed by atoms with E-state index < -0.39 is 0 Å². The van der Waals surface area contributed by atoms with Gasteiger partial charge in [0.1, 0.15) is 5.82 Å². The van der Waals surface area contributed by atoms with E-state index in [1.807, 2.05) is 6.07 Å². The van der Waals surface area contributed by atoms with Crippen LogP contribution in [0.15, 0.2) is 24.3 Å². The number of benzene rings is 1. The van der Waals surface area contributed by atoms with Gasteiger partial charge >= 0.3 is 0 Å². The molecule has 0 saturated carbocycles. The Labute approximate surface area is 149 Å². The molecule has 0 radical (unpaired) electrons. The van der Waals surface area contributed by atoms with Crippen molar-refractivity contribution in [3.63, 3.8) is 0 Å². The van der Waals surface area contributed by atoms with Crippen molar-refractivity contribution in [3.8, 4) is 0 Å². The number of likely N-dealkylation sites (tertiary alicyclic amines) is 1. The largest absolute Gasteiger partial charge is 0.347 e. The molecular formula is C19H28FN3O2. The standard InChI is InChI=1S/C19H28FN3O2/c1-15(24)21-13-19(25)22(2)14-17-7-10-23(11-8-17)9-6-16-4-3-5-18(20)12-16/h3-5,12,17H,6-11,13-14H2,1-2H3,(H,21,24). The summed E-state index contributed by atoms with van der Waals surface area (Å²) in [4.78, 5) is 26.9. The van der Waals surface area contributed by atoms with Crippen LogP contribution in [0.3, 0.4) is 0 Å². The SMILES string of the molecule is CC(=O)NCC(=O)N(C)CC1CCN(CCc2cccc(F)c2)CC1. The second kappa shape index (κ2) is 9.51. The van der Waals surface area contributed by atoms with Gasteiger partial charge in [-0.2, -0.15) is 0 Å². The van der Waals surface area contributed by atoms with E-state index in [4.69, 9.17) is 0 Å². The molecule has 138 valence electrons. The lowest BCUT2D eigenvalue weighted by molar-refractivity contribution is -0.132. The molecule has 1 N–H and O–H groups in total. The molecule has 1 aromatic carbocycles.